The largest absolute Gasteiger partial charge is 0.467 e. The van der Waals surface area contributed by atoms with Gasteiger partial charge in [0, 0.05) is 7.14 Å². The summed E-state index contributed by atoms with van der Waals surface area (Å²) in [5.74, 6) is -0.294. The van der Waals surface area contributed by atoms with Crippen molar-refractivity contribution < 1.29 is 9.53 Å². The van der Waals surface area contributed by atoms with Crippen molar-refractivity contribution in [2.24, 2.45) is 0 Å². The van der Waals surface area contributed by atoms with Crippen LogP contribution in [0.25, 0.3) is 0 Å². The highest BCUT2D eigenvalue weighted by molar-refractivity contribution is 14.1. The average Bonchev–Trinajstić information content (AvgIpc) is 2.09. The van der Waals surface area contributed by atoms with Crippen LogP contribution in [-0.2, 0) is 4.74 Å². The highest BCUT2D eigenvalue weighted by Gasteiger charge is 2.10. The van der Waals surface area contributed by atoms with Crippen LogP contribution in [0.4, 0.5) is 0 Å². The lowest BCUT2D eigenvalue weighted by atomic mass is 10.2. The van der Waals surface area contributed by atoms with Crippen LogP contribution in [0, 0.1) is 7.14 Å². The van der Waals surface area contributed by atoms with E-state index in [9.17, 15) is 4.79 Å². The monoisotopic (exact) mass is 415 g/mol. The fourth-order valence-corrected chi connectivity index (χ4v) is 1.98. The van der Waals surface area contributed by atoms with Gasteiger partial charge < -0.3 is 4.74 Å². The third kappa shape index (κ3) is 3.20. The maximum absolute atomic E-state index is 11.4. The molecule has 0 spiro atoms. The fraction of sp³-hybridized carbons (Fsp3) is 0.125. The molecule has 0 aliphatic carbocycles. The smallest absolute Gasteiger partial charge is 0.338 e. The lowest BCUT2D eigenvalue weighted by molar-refractivity contribution is 0.0572. The van der Waals surface area contributed by atoms with E-state index < -0.39 is 0 Å². The molecule has 0 aliphatic rings. The minimum atomic E-state index is -0.294. The number of esters is 1. The predicted molar refractivity (Wildman–Crippen MR) is 67.9 cm³/mol. The molecule has 0 bridgehead atoms. The van der Waals surface area contributed by atoms with Crippen LogP contribution in [-0.4, -0.2) is 22.4 Å². The molecule has 0 unspecified atom stereocenters. The molecule has 2 nitrogen and oxygen atoms in total. The lowest BCUT2D eigenvalue weighted by Gasteiger charge is -2.04. The van der Waals surface area contributed by atoms with E-state index in [2.05, 4.69) is 55.4 Å². The molecule has 0 aliphatic heterocycles. The molecular weight excluding hydrogens is 410 g/mol. The standard InChI is InChI=1S/C8H5I2O2Si/c9-5-1-2-7(10)6(3-5)8(11)12-4-13/h1-3H,4H2. The maximum Gasteiger partial charge on any atom is 0.338 e. The van der Waals surface area contributed by atoms with Gasteiger partial charge in [-0.05, 0) is 63.4 Å². The summed E-state index contributed by atoms with van der Waals surface area (Å²) in [5, 5.41) is 0. The van der Waals surface area contributed by atoms with Gasteiger partial charge in [-0.2, -0.15) is 0 Å². The van der Waals surface area contributed by atoms with Gasteiger partial charge in [0.05, 0.1) is 22.0 Å². The van der Waals surface area contributed by atoms with E-state index in [-0.39, 0.29) is 12.2 Å². The number of carbonyl (C=O) groups is 1. The van der Waals surface area contributed by atoms with Gasteiger partial charge in [-0.1, -0.05) is 0 Å². The molecule has 13 heavy (non-hydrogen) atoms. The highest BCUT2D eigenvalue weighted by Crippen LogP contribution is 2.16. The van der Waals surface area contributed by atoms with Gasteiger partial charge in [0.1, 0.15) is 0 Å². The van der Waals surface area contributed by atoms with E-state index in [0.29, 0.717) is 5.56 Å². The van der Waals surface area contributed by atoms with Crippen LogP contribution in [0.15, 0.2) is 18.2 Å². The molecule has 0 atom stereocenters. The first-order chi connectivity index (χ1) is 6.15. The zero-order valence-corrected chi connectivity index (χ0v) is 11.8. The number of carbonyl (C=O) groups excluding carboxylic acids is 1. The van der Waals surface area contributed by atoms with Gasteiger partial charge in [0.2, 0.25) is 0 Å². The zero-order chi connectivity index (χ0) is 9.84. The summed E-state index contributed by atoms with van der Waals surface area (Å²) in [6.45, 7) is 0. The summed E-state index contributed by atoms with van der Waals surface area (Å²) >= 11 is 4.27. The second kappa shape index (κ2) is 5.30. The first-order valence-corrected chi connectivity index (χ1v) is 6.28. The second-order valence-corrected chi connectivity index (χ2v) is 4.90. The van der Waals surface area contributed by atoms with Crippen molar-refractivity contribution >= 4 is 61.4 Å². The Morgan fingerprint density at radius 3 is 2.77 bits per heavy atom. The molecule has 5 heteroatoms. The molecule has 0 saturated carbocycles. The first kappa shape index (κ1) is 11.4. The van der Waals surface area contributed by atoms with Gasteiger partial charge in [-0.15, -0.1) is 0 Å². The number of halogens is 2. The summed E-state index contributed by atoms with van der Waals surface area (Å²) < 4.78 is 6.76. The molecule has 0 N–H and O–H groups in total. The van der Waals surface area contributed by atoms with Crippen LogP contribution >= 0.6 is 45.2 Å². The topological polar surface area (TPSA) is 26.3 Å². The molecule has 3 radical (unpaired) electrons. The average molecular weight is 415 g/mol. The van der Waals surface area contributed by atoms with E-state index in [1.807, 2.05) is 18.2 Å². The summed E-state index contributed by atoms with van der Waals surface area (Å²) in [6.07, 6.45) is 0.223. The Labute approximate surface area is 107 Å². The molecule has 0 amide bonds. The van der Waals surface area contributed by atoms with E-state index in [0.717, 1.165) is 7.14 Å². The Hall–Kier alpha value is 0.367. The van der Waals surface area contributed by atoms with Crippen molar-refractivity contribution in [2.45, 2.75) is 0 Å². The van der Waals surface area contributed by atoms with E-state index in [1.165, 1.54) is 0 Å². The van der Waals surface area contributed by atoms with Crippen molar-refractivity contribution in [1.29, 1.82) is 0 Å². The lowest BCUT2D eigenvalue weighted by Crippen LogP contribution is -2.08. The number of rotatable bonds is 2. The van der Waals surface area contributed by atoms with Gasteiger partial charge in [-0.25, -0.2) is 4.79 Å². The maximum atomic E-state index is 11.4. The minimum Gasteiger partial charge on any atom is -0.467 e. The molecular formula is C8H5I2O2Si. The number of ether oxygens (including phenoxy) is 1. The summed E-state index contributed by atoms with van der Waals surface area (Å²) in [6, 6.07) is 5.66. The Morgan fingerprint density at radius 1 is 1.46 bits per heavy atom. The molecule has 0 fully saturated rings. The van der Waals surface area contributed by atoms with E-state index in [4.69, 9.17) is 4.74 Å². The fourth-order valence-electron chi connectivity index (χ4n) is 0.797. The number of hydrogen-bond donors (Lipinski definition) is 0. The normalized spacial score (nSPS) is 9.77. The third-order valence-corrected chi connectivity index (χ3v) is 3.11. The predicted octanol–water partition coefficient (Wildman–Crippen LogP) is 2.18. The Balaban J connectivity index is 2.99. The Bertz CT molecular complexity index is 328. The molecule has 0 aromatic heterocycles. The molecule has 67 valence electrons. The van der Waals surface area contributed by atoms with Crippen LogP contribution < -0.4 is 0 Å². The van der Waals surface area contributed by atoms with Crippen LogP contribution in [0.5, 0.6) is 0 Å². The van der Waals surface area contributed by atoms with Crippen molar-refractivity contribution in [1.82, 2.24) is 0 Å². The quantitative estimate of drug-likeness (QED) is 0.421. The van der Waals surface area contributed by atoms with E-state index >= 15 is 0 Å². The zero-order valence-electron chi connectivity index (χ0n) is 6.51. The Kier molecular flexibility index (Phi) is 4.66. The molecule has 0 saturated heterocycles. The van der Waals surface area contributed by atoms with Gasteiger partial charge in [0.25, 0.3) is 0 Å². The number of benzene rings is 1. The summed E-state index contributed by atoms with van der Waals surface area (Å²) in [7, 11) is 3.09. The van der Waals surface area contributed by atoms with Gasteiger partial charge in [-0.3, -0.25) is 0 Å². The summed E-state index contributed by atoms with van der Waals surface area (Å²) in [5.41, 5.74) is 0.616. The first-order valence-electron chi connectivity index (χ1n) is 3.42. The van der Waals surface area contributed by atoms with Crippen molar-refractivity contribution in [3.63, 3.8) is 0 Å². The molecule has 1 aromatic carbocycles. The number of hydrogen-bond acceptors (Lipinski definition) is 2. The Morgan fingerprint density at radius 2 is 2.15 bits per heavy atom. The minimum absolute atomic E-state index is 0.223. The van der Waals surface area contributed by atoms with Crippen molar-refractivity contribution in [2.75, 3.05) is 6.23 Å². The van der Waals surface area contributed by atoms with Crippen molar-refractivity contribution in [3.05, 3.63) is 30.9 Å². The molecule has 0 heterocycles. The van der Waals surface area contributed by atoms with Crippen LogP contribution in [0.1, 0.15) is 10.4 Å². The van der Waals surface area contributed by atoms with Gasteiger partial charge in [0.15, 0.2) is 0 Å². The third-order valence-electron chi connectivity index (χ3n) is 1.35. The molecule has 1 aromatic rings. The second-order valence-electron chi connectivity index (χ2n) is 2.20. The van der Waals surface area contributed by atoms with Crippen molar-refractivity contribution in [3.8, 4) is 0 Å². The van der Waals surface area contributed by atoms with Crippen LogP contribution in [0.2, 0.25) is 0 Å². The van der Waals surface area contributed by atoms with Gasteiger partial charge >= 0.3 is 5.97 Å². The molecule has 1 rings (SSSR count). The highest BCUT2D eigenvalue weighted by atomic mass is 127. The SMILES string of the molecule is O=C(OC[Si])c1cc(I)ccc1I. The summed E-state index contributed by atoms with van der Waals surface area (Å²) in [4.78, 5) is 11.4. The van der Waals surface area contributed by atoms with E-state index in [1.54, 1.807) is 0 Å². The van der Waals surface area contributed by atoms with Crippen LogP contribution in [0.3, 0.4) is 0 Å².